The molecule has 0 aliphatic heterocycles. The molecule has 0 spiro atoms. The van der Waals surface area contributed by atoms with Gasteiger partial charge in [0.05, 0.1) is 18.1 Å². The SMILES string of the molecule is CC(C)C(=O)[C@H](CN)NC(=O)[C@@H](CC(=O)CCC(N)C1CCCCC1)C(C)O. The number of nitrogens with two attached hydrogens (primary N) is 2. The summed E-state index contributed by atoms with van der Waals surface area (Å²) in [7, 11) is 0. The van der Waals surface area contributed by atoms with E-state index in [2.05, 4.69) is 5.32 Å². The quantitative estimate of drug-likeness (QED) is 0.392. The smallest absolute Gasteiger partial charge is 0.226 e. The Labute approximate surface area is 169 Å². The molecular formula is C21H39N3O4. The fraction of sp³-hybridized carbons (Fsp3) is 0.857. The summed E-state index contributed by atoms with van der Waals surface area (Å²) in [5, 5.41) is 12.6. The molecule has 0 aromatic heterocycles. The number of aliphatic hydroxyl groups excluding tert-OH is 1. The van der Waals surface area contributed by atoms with Crippen LogP contribution >= 0.6 is 0 Å². The fourth-order valence-electron chi connectivity index (χ4n) is 3.88. The van der Waals surface area contributed by atoms with E-state index in [1.165, 1.54) is 26.2 Å². The highest BCUT2D eigenvalue weighted by molar-refractivity contribution is 5.93. The highest BCUT2D eigenvalue weighted by Gasteiger charge is 2.30. The molecule has 0 aromatic rings. The molecule has 1 aliphatic rings. The van der Waals surface area contributed by atoms with Gasteiger partial charge in [-0.3, -0.25) is 14.4 Å². The molecule has 1 fully saturated rings. The lowest BCUT2D eigenvalue weighted by molar-refractivity contribution is -0.135. The summed E-state index contributed by atoms with van der Waals surface area (Å²) in [5.41, 5.74) is 11.9. The maximum absolute atomic E-state index is 12.5. The fourth-order valence-corrected chi connectivity index (χ4v) is 3.88. The van der Waals surface area contributed by atoms with Gasteiger partial charge < -0.3 is 21.9 Å². The van der Waals surface area contributed by atoms with Gasteiger partial charge in [0.1, 0.15) is 5.78 Å². The first-order valence-electron chi connectivity index (χ1n) is 10.7. The summed E-state index contributed by atoms with van der Waals surface area (Å²) < 4.78 is 0. The molecule has 2 unspecified atom stereocenters. The van der Waals surface area contributed by atoms with Gasteiger partial charge in [-0.2, -0.15) is 0 Å². The van der Waals surface area contributed by atoms with Gasteiger partial charge >= 0.3 is 0 Å². The average molecular weight is 398 g/mol. The summed E-state index contributed by atoms with van der Waals surface area (Å²) in [6.07, 6.45) is 5.76. The molecule has 0 saturated heterocycles. The van der Waals surface area contributed by atoms with Crippen LogP contribution in [0.4, 0.5) is 0 Å². The zero-order valence-corrected chi connectivity index (χ0v) is 17.7. The van der Waals surface area contributed by atoms with E-state index in [9.17, 15) is 19.5 Å². The number of hydrogen-bond donors (Lipinski definition) is 4. The first-order valence-corrected chi connectivity index (χ1v) is 10.7. The molecule has 4 atom stereocenters. The van der Waals surface area contributed by atoms with Crippen molar-refractivity contribution in [2.24, 2.45) is 29.2 Å². The maximum Gasteiger partial charge on any atom is 0.226 e. The molecule has 7 heteroatoms. The van der Waals surface area contributed by atoms with Crippen LogP contribution in [-0.2, 0) is 14.4 Å². The second kappa shape index (κ2) is 12.3. The Morgan fingerprint density at radius 2 is 1.71 bits per heavy atom. The van der Waals surface area contributed by atoms with Gasteiger partial charge in [0.2, 0.25) is 5.91 Å². The Hall–Kier alpha value is -1.31. The van der Waals surface area contributed by atoms with E-state index in [1.54, 1.807) is 13.8 Å². The van der Waals surface area contributed by atoms with Crippen LogP contribution in [0, 0.1) is 17.8 Å². The van der Waals surface area contributed by atoms with Gasteiger partial charge in [0, 0.05) is 31.3 Å². The van der Waals surface area contributed by atoms with Crippen molar-refractivity contribution in [3.8, 4) is 0 Å². The number of carbonyl (C=O) groups is 3. The van der Waals surface area contributed by atoms with Gasteiger partial charge in [-0.25, -0.2) is 0 Å². The van der Waals surface area contributed by atoms with Crippen molar-refractivity contribution in [1.82, 2.24) is 5.32 Å². The van der Waals surface area contributed by atoms with Crippen molar-refractivity contribution in [2.45, 2.75) is 90.3 Å². The molecule has 1 rings (SSSR count). The third-order valence-corrected chi connectivity index (χ3v) is 5.84. The van der Waals surface area contributed by atoms with Crippen LogP contribution in [0.25, 0.3) is 0 Å². The summed E-state index contributed by atoms with van der Waals surface area (Å²) in [5.74, 6) is -1.44. The Morgan fingerprint density at radius 1 is 1.11 bits per heavy atom. The van der Waals surface area contributed by atoms with Crippen molar-refractivity contribution < 1.29 is 19.5 Å². The average Bonchev–Trinajstić information content (AvgIpc) is 2.67. The summed E-state index contributed by atoms with van der Waals surface area (Å²) in [6.45, 7) is 4.94. The first-order chi connectivity index (χ1) is 13.2. The minimum Gasteiger partial charge on any atom is -0.393 e. The second-order valence-corrected chi connectivity index (χ2v) is 8.54. The second-order valence-electron chi connectivity index (χ2n) is 8.54. The van der Waals surface area contributed by atoms with E-state index in [0.29, 0.717) is 18.8 Å². The van der Waals surface area contributed by atoms with E-state index in [1.807, 2.05) is 0 Å². The third-order valence-electron chi connectivity index (χ3n) is 5.84. The lowest BCUT2D eigenvalue weighted by Crippen LogP contribution is -2.51. The number of nitrogens with one attached hydrogen (secondary N) is 1. The highest BCUT2D eigenvalue weighted by atomic mass is 16.3. The Morgan fingerprint density at radius 3 is 2.21 bits per heavy atom. The molecular weight excluding hydrogens is 358 g/mol. The molecule has 1 aliphatic carbocycles. The Kier molecular flexibility index (Phi) is 10.9. The van der Waals surface area contributed by atoms with Crippen LogP contribution in [0.2, 0.25) is 0 Å². The lowest BCUT2D eigenvalue weighted by Gasteiger charge is -2.27. The van der Waals surface area contributed by atoms with Crippen LogP contribution in [0.5, 0.6) is 0 Å². The molecule has 28 heavy (non-hydrogen) atoms. The lowest BCUT2D eigenvalue weighted by atomic mass is 9.82. The molecule has 0 radical (unpaired) electrons. The van der Waals surface area contributed by atoms with Crippen LogP contribution in [0.1, 0.15) is 72.1 Å². The van der Waals surface area contributed by atoms with Crippen LogP contribution in [0.15, 0.2) is 0 Å². The highest BCUT2D eigenvalue weighted by Crippen LogP contribution is 2.27. The minimum absolute atomic E-state index is 0.00774. The Bertz CT molecular complexity index is 516. The van der Waals surface area contributed by atoms with Crippen molar-refractivity contribution in [3.05, 3.63) is 0 Å². The molecule has 0 heterocycles. The van der Waals surface area contributed by atoms with E-state index in [-0.39, 0.29) is 36.5 Å². The molecule has 1 amide bonds. The van der Waals surface area contributed by atoms with Gasteiger partial charge in [-0.1, -0.05) is 33.1 Å². The number of carbonyl (C=O) groups excluding carboxylic acids is 3. The van der Waals surface area contributed by atoms with Crippen molar-refractivity contribution in [2.75, 3.05) is 6.54 Å². The molecule has 6 N–H and O–H groups in total. The predicted molar refractivity (Wildman–Crippen MR) is 109 cm³/mol. The van der Waals surface area contributed by atoms with Crippen molar-refractivity contribution in [1.29, 1.82) is 0 Å². The monoisotopic (exact) mass is 397 g/mol. The Balaban J connectivity index is 2.56. The zero-order valence-electron chi connectivity index (χ0n) is 17.7. The third kappa shape index (κ3) is 7.97. The number of amides is 1. The van der Waals surface area contributed by atoms with Crippen molar-refractivity contribution in [3.63, 3.8) is 0 Å². The molecule has 162 valence electrons. The van der Waals surface area contributed by atoms with Gasteiger partial charge in [0.25, 0.3) is 0 Å². The topological polar surface area (TPSA) is 136 Å². The number of aliphatic hydroxyl groups is 1. The maximum atomic E-state index is 12.5. The number of Topliss-reactive ketones (excluding diaryl/α,β-unsaturated/α-hetero) is 2. The van der Waals surface area contributed by atoms with E-state index >= 15 is 0 Å². The first kappa shape index (κ1) is 24.7. The normalized spacial score (nSPS) is 19.7. The number of ketones is 2. The molecule has 1 saturated carbocycles. The van der Waals surface area contributed by atoms with Crippen LogP contribution in [-0.4, -0.2) is 47.3 Å². The standard InChI is InChI=1S/C21H39N3O4/c1-13(2)20(27)19(12-22)24-21(28)17(14(3)25)11-16(26)9-10-18(23)15-7-5-4-6-8-15/h13-15,17-19,25H,4-12,22-23H2,1-3H3,(H,24,28)/t14?,17-,18?,19-/m0/s1. The van der Waals surface area contributed by atoms with Gasteiger partial charge in [-0.15, -0.1) is 0 Å². The van der Waals surface area contributed by atoms with E-state index in [0.717, 1.165) is 12.8 Å². The van der Waals surface area contributed by atoms with Gasteiger partial charge in [0.15, 0.2) is 5.78 Å². The predicted octanol–water partition coefficient (Wildman–Crippen LogP) is 1.30. The largest absolute Gasteiger partial charge is 0.393 e. The minimum atomic E-state index is -0.997. The molecule has 0 bridgehead atoms. The van der Waals surface area contributed by atoms with E-state index in [4.69, 9.17) is 11.5 Å². The molecule has 7 nitrogen and oxygen atoms in total. The zero-order chi connectivity index (χ0) is 21.3. The summed E-state index contributed by atoms with van der Waals surface area (Å²) in [4.78, 5) is 37.1. The van der Waals surface area contributed by atoms with Crippen LogP contribution < -0.4 is 16.8 Å². The van der Waals surface area contributed by atoms with Gasteiger partial charge in [-0.05, 0) is 32.1 Å². The number of hydrogen-bond acceptors (Lipinski definition) is 6. The summed E-state index contributed by atoms with van der Waals surface area (Å²) in [6, 6.07) is -0.795. The number of rotatable bonds is 12. The molecule has 0 aromatic carbocycles. The van der Waals surface area contributed by atoms with Crippen molar-refractivity contribution >= 4 is 17.5 Å². The summed E-state index contributed by atoms with van der Waals surface area (Å²) >= 11 is 0. The van der Waals surface area contributed by atoms with E-state index < -0.39 is 24.0 Å². The van der Waals surface area contributed by atoms with Crippen LogP contribution in [0.3, 0.4) is 0 Å².